The summed E-state index contributed by atoms with van der Waals surface area (Å²) in [5.74, 6) is -2.25. The molecule has 4 amide bonds. The molecule has 0 spiro atoms. The molecule has 1 aromatic rings. The van der Waals surface area contributed by atoms with Crippen LogP contribution in [0.3, 0.4) is 0 Å². The van der Waals surface area contributed by atoms with Gasteiger partial charge in [-0.3, -0.25) is 14.5 Å². The Kier molecular flexibility index (Phi) is 6.74. The fourth-order valence-corrected chi connectivity index (χ4v) is 3.27. The first-order chi connectivity index (χ1) is 13.0. The lowest BCUT2D eigenvalue weighted by Gasteiger charge is -2.23. The number of hydrogen-bond donors (Lipinski definition) is 2. The van der Waals surface area contributed by atoms with Crippen LogP contribution in [0.25, 0.3) is 0 Å². The quantitative estimate of drug-likeness (QED) is 0.664. The van der Waals surface area contributed by atoms with Gasteiger partial charge in [-0.25, -0.2) is 13.6 Å². The van der Waals surface area contributed by atoms with Gasteiger partial charge in [0, 0.05) is 11.6 Å². The van der Waals surface area contributed by atoms with E-state index in [1.807, 2.05) is 6.92 Å². The molecule has 1 aliphatic heterocycles. The van der Waals surface area contributed by atoms with Gasteiger partial charge in [0.2, 0.25) is 5.91 Å². The average molecular weight is 395 g/mol. The normalized spacial score (nSPS) is 20.5. The number of nitrogens with zero attached hydrogens (tertiary/aromatic N) is 1. The lowest BCUT2D eigenvalue weighted by atomic mass is 9.91. The van der Waals surface area contributed by atoms with Crippen molar-refractivity contribution in [3.05, 3.63) is 35.4 Å². The predicted molar refractivity (Wildman–Crippen MR) is 100 cm³/mol. The molecule has 2 N–H and O–H groups in total. The summed E-state index contributed by atoms with van der Waals surface area (Å²) >= 11 is 0. The molecule has 1 saturated heterocycles. The summed E-state index contributed by atoms with van der Waals surface area (Å²) in [7, 11) is 0. The topological polar surface area (TPSA) is 78.5 Å². The van der Waals surface area contributed by atoms with E-state index in [1.165, 1.54) is 6.92 Å². The molecule has 1 aromatic carbocycles. The third-order valence-electron chi connectivity index (χ3n) is 4.87. The van der Waals surface area contributed by atoms with Crippen LogP contribution in [0.4, 0.5) is 13.6 Å². The van der Waals surface area contributed by atoms with E-state index in [4.69, 9.17) is 0 Å². The number of nitrogens with one attached hydrogen (secondary N) is 2. The zero-order valence-corrected chi connectivity index (χ0v) is 16.6. The van der Waals surface area contributed by atoms with Crippen LogP contribution < -0.4 is 10.6 Å². The van der Waals surface area contributed by atoms with Crippen molar-refractivity contribution >= 4 is 17.8 Å². The van der Waals surface area contributed by atoms with Gasteiger partial charge in [0.25, 0.3) is 5.91 Å². The molecule has 0 aromatic heterocycles. The molecular weight excluding hydrogens is 368 g/mol. The molecule has 6 nitrogen and oxygen atoms in total. The van der Waals surface area contributed by atoms with E-state index >= 15 is 0 Å². The zero-order chi connectivity index (χ0) is 21.1. The SMILES string of the molecule is CC(C)CCC[C@@H](C)NC(=O)CN1C(=O)N[C@](C)(c2cc(F)ccc2F)C1=O. The van der Waals surface area contributed by atoms with Crippen LogP contribution in [0.1, 0.15) is 52.5 Å². The smallest absolute Gasteiger partial charge is 0.325 e. The van der Waals surface area contributed by atoms with Gasteiger partial charge >= 0.3 is 6.03 Å². The van der Waals surface area contributed by atoms with E-state index < -0.39 is 41.6 Å². The Morgan fingerprint density at radius 3 is 2.54 bits per heavy atom. The Morgan fingerprint density at radius 2 is 1.89 bits per heavy atom. The van der Waals surface area contributed by atoms with E-state index in [2.05, 4.69) is 24.5 Å². The first-order valence-corrected chi connectivity index (χ1v) is 9.43. The molecule has 0 bridgehead atoms. The van der Waals surface area contributed by atoms with Gasteiger partial charge in [-0.2, -0.15) is 0 Å². The number of urea groups is 1. The minimum Gasteiger partial charge on any atom is -0.352 e. The molecule has 1 aliphatic rings. The van der Waals surface area contributed by atoms with Gasteiger partial charge < -0.3 is 10.6 Å². The first kappa shape index (κ1) is 21.8. The minimum absolute atomic E-state index is 0.0981. The second kappa shape index (κ2) is 8.67. The molecule has 2 atom stereocenters. The van der Waals surface area contributed by atoms with Crippen LogP contribution in [0.2, 0.25) is 0 Å². The summed E-state index contributed by atoms with van der Waals surface area (Å²) in [6, 6.07) is 1.77. The van der Waals surface area contributed by atoms with E-state index in [9.17, 15) is 23.2 Å². The van der Waals surface area contributed by atoms with Crippen LogP contribution in [-0.2, 0) is 15.1 Å². The highest BCUT2D eigenvalue weighted by molar-refractivity contribution is 6.09. The Morgan fingerprint density at radius 1 is 1.21 bits per heavy atom. The lowest BCUT2D eigenvalue weighted by molar-refractivity contribution is -0.135. The number of carbonyl (C=O) groups is 3. The standard InChI is InChI=1S/C20H27F2N3O3/c1-12(2)6-5-7-13(3)23-17(26)11-25-18(27)20(4,24-19(25)28)15-10-14(21)8-9-16(15)22/h8-10,12-13H,5-7,11H2,1-4H3,(H,23,26)(H,24,28)/t13-,20-/m1/s1. The maximum atomic E-state index is 14.1. The molecular formula is C20H27F2N3O3. The molecule has 1 heterocycles. The van der Waals surface area contributed by atoms with Crippen LogP contribution in [0.5, 0.6) is 0 Å². The van der Waals surface area contributed by atoms with Crippen molar-refractivity contribution in [3.8, 4) is 0 Å². The Bertz CT molecular complexity index is 769. The summed E-state index contributed by atoms with van der Waals surface area (Å²) in [6.45, 7) is 6.91. The van der Waals surface area contributed by atoms with Crippen molar-refractivity contribution < 1.29 is 23.2 Å². The molecule has 28 heavy (non-hydrogen) atoms. The number of carbonyl (C=O) groups excluding carboxylic acids is 3. The summed E-state index contributed by atoms with van der Waals surface area (Å²) in [6.07, 6.45) is 2.79. The van der Waals surface area contributed by atoms with Gasteiger partial charge in [-0.05, 0) is 44.4 Å². The van der Waals surface area contributed by atoms with Crippen molar-refractivity contribution in [1.29, 1.82) is 0 Å². The number of halogens is 2. The van der Waals surface area contributed by atoms with E-state index in [0.717, 1.165) is 42.4 Å². The van der Waals surface area contributed by atoms with E-state index in [0.29, 0.717) is 5.92 Å². The highest BCUT2D eigenvalue weighted by atomic mass is 19.1. The maximum absolute atomic E-state index is 14.1. The van der Waals surface area contributed by atoms with Crippen LogP contribution in [0, 0.1) is 17.6 Å². The molecule has 154 valence electrons. The second-order valence-electron chi connectivity index (χ2n) is 7.86. The summed E-state index contributed by atoms with van der Waals surface area (Å²) < 4.78 is 27.7. The van der Waals surface area contributed by atoms with Gasteiger partial charge in [-0.1, -0.05) is 26.7 Å². The first-order valence-electron chi connectivity index (χ1n) is 9.43. The van der Waals surface area contributed by atoms with Crippen molar-refractivity contribution in [1.82, 2.24) is 15.5 Å². The molecule has 0 saturated carbocycles. The van der Waals surface area contributed by atoms with Crippen molar-refractivity contribution in [2.24, 2.45) is 5.92 Å². The largest absolute Gasteiger partial charge is 0.352 e. The third kappa shape index (κ3) is 4.85. The zero-order valence-electron chi connectivity index (χ0n) is 16.6. The van der Waals surface area contributed by atoms with Crippen molar-refractivity contribution in [2.75, 3.05) is 6.54 Å². The van der Waals surface area contributed by atoms with Crippen LogP contribution in [0.15, 0.2) is 18.2 Å². The number of amides is 4. The predicted octanol–water partition coefficient (Wildman–Crippen LogP) is 3.06. The van der Waals surface area contributed by atoms with Crippen molar-refractivity contribution in [3.63, 3.8) is 0 Å². The monoisotopic (exact) mass is 395 g/mol. The molecule has 2 rings (SSSR count). The van der Waals surface area contributed by atoms with Gasteiger partial charge in [0.1, 0.15) is 23.7 Å². The summed E-state index contributed by atoms with van der Waals surface area (Å²) in [4.78, 5) is 37.9. The highest BCUT2D eigenvalue weighted by Crippen LogP contribution is 2.31. The third-order valence-corrected chi connectivity index (χ3v) is 4.87. The molecule has 0 aliphatic carbocycles. The van der Waals surface area contributed by atoms with Gasteiger partial charge in [-0.15, -0.1) is 0 Å². The average Bonchev–Trinajstić information content (AvgIpc) is 2.80. The summed E-state index contributed by atoms with van der Waals surface area (Å²) in [5, 5.41) is 5.13. The molecule has 8 heteroatoms. The molecule has 0 radical (unpaired) electrons. The highest BCUT2D eigenvalue weighted by Gasteiger charge is 2.50. The molecule has 0 unspecified atom stereocenters. The second-order valence-corrected chi connectivity index (χ2v) is 7.86. The fourth-order valence-electron chi connectivity index (χ4n) is 3.27. The molecule has 1 fully saturated rings. The number of rotatable bonds is 8. The Labute approximate surface area is 163 Å². The number of hydrogen-bond acceptors (Lipinski definition) is 3. The van der Waals surface area contributed by atoms with Crippen LogP contribution in [-0.4, -0.2) is 35.3 Å². The Balaban J connectivity index is 2.03. The van der Waals surface area contributed by atoms with E-state index in [1.54, 1.807) is 0 Å². The van der Waals surface area contributed by atoms with Gasteiger partial charge in [0.15, 0.2) is 0 Å². The van der Waals surface area contributed by atoms with Gasteiger partial charge in [0.05, 0.1) is 0 Å². The summed E-state index contributed by atoms with van der Waals surface area (Å²) in [5.41, 5.74) is -2.05. The fraction of sp³-hybridized carbons (Fsp3) is 0.550. The number of benzene rings is 1. The number of imide groups is 1. The lowest BCUT2D eigenvalue weighted by Crippen LogP contribution is -2.45. The van der Waals surface area contributed by atoms with Crippen molar-refractivity contribution in [2.45, 2.75) is 58.5 Å². The van der Waals surface area contributed by atoms with E-state index in [-0.39, 0.29) is 11.6 Å². The minimum atomic E-state index is -1.77. The van der Waals surface area contributed by atoms with Crippen LogP contribution >= 0.6 is 0 Å². The maximum Gasteiger partial charge on any atom is 0.325 e. The Hall–Kier alpha value is -2.51.